The number of hydrogen-bond acceptors (Lipinski definition) is 0. The van der Waals surface area contributed by atoms with Gasteiger partial charge in [-0.15, -0.1) is 0 Å². The van der Waals surface area contributed by atoms with E-state index < -0.39 is 36.3 Å². The van der Waals surface area contributed by atoms with Crippen LogP contribution < -0.4 is 0 Å². The van der Waals surface area contributed by atoms with Crippen molar-refractivity contribution < 1.29 is 39.5 Å². The highest BCUT2D eigenvalue weighted by Crippen LogP contribution is 2.64. The summed E-state index contributed by atoms with van der Waals surface area (Å²) in [5.41, 5.74) is -8.86. The normalized spacial score (nSPS) is 16.2. The van der Waals surface area contributed by atoms with Gasteiger partial charge in [0.25, 0.3) is 0 Å². The Kier molecular flexibility index (Phi) is 3.54. The Morgan fingerprint density at radius 3 is 0.765 bits per heavy atom. The van der Waals surface area contributed by atoms with Crippen molar-refractivity contribution in [3.05, 3.63) is 0 Å². The fourth-order valence-electron chi connectivity index (χ4n) is 1.15. The second-order valence-electron chi connectivity index (χ2n) is 4.24. The minimum atomic E-state index is -6.07. The van der Waals surface area contributed by atoms with Crippen molar-refractivity contribution in [2.75, 3.05) is 0 Å². The van der Waals surface area contributed by atoms with Crippen LogP contribution in [0.15, 0.2) is 0 Å². The molecule has 0 heterocycles. The highest BCUT2D eigenvalue weighted by atomic mass is 19.4. The third-order valence-corrected chi connectivity index (χ3v) is 3.09. The lowest BCUT2D eigenvalue weighted by molar-refractivity contribution is -0.406. The number of halogens is 9. The number of rotatable bonds is 1. The van der Waals surface area contributed by atoms with Gasteiger partial charge in [0.05, 0.1) is 5.41 Å². The van der Waals surface area contributed by atoms with E-state index in [1.165, 1.54) is 0 Å². The van der Waals surface area contributed by atoms with Gasteiger partial charge in [0.2, 0.25) is 0 Å². The summed E-state index contributed by atoms with van der Waals surface area (Å²) in [6.45, 7) is -0.720. The molecule has 0 saturated heterocycles. The Balaban J connectivity index is 6.04. The molecular weight excluding hydrogens is 267 g/mol. The van der Waals surface area contributed by atoms with Gasteiger partial charge in [-0.25, -0.2) is 0 Å². The maximum Gasteiger partial charge on any atom is 0.403 e. The molecule has 0 amide bonds. The Bertz CT molecular complexity index is 263. The maximum absolute atomic E-state index is 12.4. The fraction of sp³-hybridized carbons (Fsp3) is 1.00. The highest BCUT2D eigenvalue weighted by Gasteiger charge is 2.79. The Labute approximate surface area is 90.8 Å². The first kappa shape index (κ1) is 16.4. The Morgan fingerprint density at radius 2 is 0.706 bits per heavy atom. The topological polar surface area (TPSA) is 0 Å². The van der Waals surface area contributed by atoms with Gasteiger partial charge in [-0.2, -0.15) is 39.5 Å². The zero-order chi connectivity index (χ0) is 14.5. The van der Waals surface area contributed by atoms with Crippen LogP contribution in [0.5, 0.6) is 0 Å². The third-order valence-electron chi connectivity index (χ3n) is 3.09. The van der Waals surface area contributed by atoms with E-state index in [0.29, 0.717) is 0 Å². The average Bonchev–Trinajstić information content (AvgIpc) is 1.95. The van der Waals surface area contributed by atoms with E-state index in [1.54, 1.807) is 0 Å². The predicted molar refractivity (Wildman–Crippen MR) is 40.1 cm³/mol. The summed E-state index contributed by atoms with van der Waals surface area (Å²) in [4.78, 5) is 0. The predicted octanol–water partition coefficient (Wildman–Crippen LogP) is 4.71. The summed E-state index contributed by atoms with van der Waals surface area (Å²) in [5.74, 6) is 0. The van der Waals surface area contributed by atoms with E-state index in [9.17, 15) is 39.5 Å². The Morgan fingerprint density at radius 1 is 0.471 bits per heavy atom. The van der Waals surface area contributed by atoms with Crippen molar-refractivity contribution >= 4 is 0 Å². The van der Waals surface area contributed by atoms with Crippen LogP contribution in [0.3, 0.4) is 0 Å². The quantitative estimate of drug-likeness (QED) is 0.609. The van der Waals surface area contributed by atoms with E-state index in [1.807, 2.05) is 0 Å². The van der Waals surface area contributed by atoms with Crippen molar-refractivity contribution in [3.63, 3.8) is 0 Å². The van der Waals surface area contributed by atoms with Crippen molar-refractivity contribution in [1.29, 1.82) is 0 Å². The SMILES string of the molecule is CC(C)(C(F)(F)F)C(C)(C(F)(F)F)C(F)(F)F. The van der Waals surface area contributed by atoms with Gasteiger partial charge in [-0.05, 0) is 20.8 Å². The first-order valence-electron chi connectivity index (χ1n) is 4.20. The molecule has 0 aliphatic heterocycles. The summed E-state index contributed by atoms with van der Waals surface area (Å²) in [6.07, 6.45) is -17.8. The molecular formula is C8H9F9. The van der Waals surface area contributed by atoms with E-state index in [0.717, 1.165) is 0 Å². The van der Waals surface area contributed by atoms with E-state index >= 15 is 0 Å². The molecule has 0 bridgehead atoms. The molecule has 17 heavy (non-hydrogen) atoms. The minimum absolute atomic E-state index is 0.117. The summed E-state index contributed by atoms with van der Waals surface area (Å²) in [7, 11) is 0. The summed E-state index contributed by atoms with van der Waals surface area (Å²) in [5, 5.41) is 0. The molecule has 0 aliphatic carbocycles. The highest BCUT2D eigenvalue weighted by molar-refractivity contribution is 5.03. The largest absolute Gasteiger partial charge is 0.403 e. The van der Waals surface area contributed by atoms with Crippen LogP contribution in [-0.2, 0) is 0 Å². The van der Waals surface area contributed by atoms with Crippen LogP contribution in [0.2, 0.25) is 0 Å². The molecule has 0 aromatic rings. The zero-order valence-corrected chi connectivity index (χ0v) is 8.90. The second kappa shape index (κ2) is 3.68. The number of alkyl halides is 9. The molecule has 0 fully saturated rings. The van der Waals surface area contributed by atoms with Crippen molar-refractivity contribution in [1.82, 2.24) is 0 Å². The van der Waals surface area contributed by atoms with E-state index in [2.05, 4.69) is 0 Å². The molecule has 0 N–H and O–H groups in total. The van der Waals surface area contributed by atoms with Gasteiger partial charge in [0.15, 0.2) is 5.41 Å². The van der Waals surface area contributed by atoms with Crippen LogP contribution in [0.1, 0.15) is 20.8 Å². The molecule has 0 rings (SSSR count). The lowest BCUT2D eigenvalue weighted by Gasteiger charge is -2.46. The van der Waals surface area contributed by atoms with Crippen LogP contribution in [0.4, 0.5) is 39.5 Å². The lowest BCUT2D eigenvalue weighted by atomic mass is 9.65. The maximum atomic E-state index is 12.4. The first-order valence-corrected chi connectivity index (χ1v) is 4.20. The molecule has 0 spiro atoms. The lowest BCUT2D eigenvalue weighted by Crippen LogP contribution is -2.61. The van der Waals surface area contributed by atoms with Crippen LogP contribution >= 0.6 is 0 Å². The molecule has 104 valence electrons. The molecule has 0 radical (unpaired) electrons. The molecule has 0 unspecified atom stereocenters. The monoisotopic (exact) mass is 276 g/mol. The second-order valence-corrected chi connectivity index (χ2v) is 4.24. The van der Waals surface area contributed by atoms with Gasteiger partial charge in [0, 0.05) is 0 Å². The van der Waals surface area contributed by atoms with E-state index in [4.69, 9.17) is 0 Å². The Hall–Kier alpha value is -0.630. The molecule has 0 atom stereocenters. The molecule has 0 aliphatic rings. The van der Waals surface area contributed by atoms with Gasteiger partial charge in [-0.1, -0.05) is 0 Å². The van der Waals surface area contributed by atoms with Crippen LogP contribution in [0.25, 0.3) is 0 Å². The van der Waals surface area contributed by atoms with Gasteiger partial charge in [-0.3, -0.25) is 0 Å². The third kappa shape index (κ3) is 2.20. The summed E-state index contributed by atoms with van der Waals surface area (Å²) >= 11 is 0. The first-order chi connectivity index (χ1) is 7.00. The standard InChI is InChI=1S/C8H9F9/c1-4(2,6(9,10)11)5(3,7(12,13)14)8(15,16)17/h1-3H3. The molecule has 0 aromatic heterocycles. The van der Waals surface area contributed by atoms with Gasteiger partial charge in [0.1, 0.15) is 0 Å². The van der Waals surface area contributed by atoms with Crippen molar-refractivity contribution in [2.24, 2.45) is 10.8 Å². The fourth-order valence-corrected chi connectivity index (χ4v) is 1.15. The van der Waals surface area contributed by atoms with Gasteiger partial charge >= 0.3 is 18.5 Å². The minimum Gasteiger partial charge on any atom is -0.170 e. The molecule has 0 saturated carbocycles. The summed E-state index contributed by atoms with van der Waals surface area (Å²) in [6, 6.07) is 0. The van der Waals surface area contributed by atoms with Crippen LogP contribution in [-0.4, -0.2) is 18.5 Å². The molecule has 0 nitrogen and oxygen atoms in total. The van der Waals surface area contributed by atoms with Crippen molar-refractivity contribution in [2.45, 2.75) is 39.3 Å². The smallest absolute Gasteiger partial charge is 0.170 e. The molecule has 0 aromatic carbocycles. The van der Waals surface area contributed by atoms with E-state index in [-0.39, 0.29) is 13.8 Å². The average molecular weight is 276 g/mol. The van der Waals surface area contributed by atoms with Crippen molar-refractivity contribution in [3.8, 4) is 0 Å². The van der Waals surface area contributed by atoms with Gasteiger partial charge < -0.3 is 0 Å². The number of hydrogen-bond donors (Lipinski definition) is 0. The summed E-state index contributed by atoms with van der Waals surface area (Å²) < 4.78 is 112. The van der Waals surface area contributed by atoms with Crippen LogP contribution in [0, 0.1) is 10.8 Å². The zero-order valence-electron chi connectivity index (χ0n) is 8.90. The molecule has 9 heteroatoms.